The van der Waals surface area contributed by atoms with E-state index in [2.05, 4.69) is 5.32 Å². The molecule has 0 radical (unpaired) electrons. The zero-order chi connectivity index (χ0) is 11.5. The molecule has 1 aromatic rings. The molecule has 2 N–H and O–H groups in total. The summed E-state index contributed by atoms with van der Waals surface area (Å²) in [4.78, 5) is 0. The maximum absolute atomic E-state index is 9.64. The maximum Gasteiger partial charge on any atom is 0.0781 e. The lowest BCUT2D eigenvalue weighted by atomic mass is 9.88. The van der Waals surface area contributed by atoms with Crippen LogP contribution < -0.4 is 5.32 Å². The average molecular weight is 221 g/mol. The summed E-state index contributed by atoms with van der Waals surface area (Å²) in [5.74, 6) is 0. The largest absolute Gasteiger partial charge is 0.389 e. The molecule has 16 heavy (non-hydrogen) atoms. The molecule has 0 amide bonds. The zero-order valence-electron chi connectivity index (χ0n) is 9.81. The number of hydrogen-bond acceptors (Lipinski definition) is 3. The normalized spacial score (nSPS) is 25.9. The van der Waals surface area contributed by atoms with Gasteiger partial charge in [0.15, 0.2) is 0 Å². The SMILES string of the molecule is COC1CC(Nc2ccccc2C(C)O)C1. The van der Waals surface area contributed by atoms with E-state index in [0.29, 0.717) is 12.1 Å². The van der Waals surface area contributed by atoms with Gasteiger partial charge in [0.05, 0.1) is 12.2 Å². The van der Waals surface area contributed by atoms with Crippen LogP contribution in [0.15, 0.2) is 24.3 Å². The summed E-state index contributed by atoms with van der Waals surface area (Å²) < 4.78 is 5.24. The van der Waals surface area contributed by atoms with E-state index in [4.69, 9.17) is 4.74 Å². The summed E-state index contributed by atoms with van der Waals surface area (Å²) in [5.41, 5.74) is 2.00. The molecule has 0 bridgehead atoms. The van der Waals surface area contributed by atoms with Gasteiger partial charge in [-0.2, -0.15) is 0 Å². The highest BCUT2D eigenvalue weighted by atomic mass is 16.5. The fourth-order valence-corrected chi connectivity index (χ4v) is 2.09. The van der Waals surface area contributed by atoms with E-state index in [9.17, 15) is 5.11 Å². The molecular formula is C13H19NO2. The second kappa shape index (κ2) is 4.85. The first-order valence-corrected chi connectivity index (χ1v) is 5.77. The van der Waals surface area contributed by atoms with Gasteiger partial charge >= 0.3 is 0 Å². The van der Waals surface area contributed by atoms with Crippen LogP contribution in [0.25, 0.3) is 0 Å². The zero-order valence-corrected chi connectivity index (χ0v) is 9.81. The van der Waals surface area contributed by atoms with Crippen LogP contribution in [0.5, 0.6) is 0 Å². The molecule has 1 unspecified atom stereocenters. The first kappa shape index (κ1) is 11.4. The van der Waals surface area contributed by atoms with Crippen LogP contribution in [0.3, 0.4) is 0 Å². The highest BCUT2D eigenvalue weighted by molar-refractivity contribution is 5.53. The lowest BCUT2D eigenvalue weighted by Gasteiger charge is -2.36. The van der Waals surface area contributed by atoms with Gasteiger partial charge in [-0.3, -0.25) is 0 Å². The number of para-hydroxylation sites is 1. The number of benzene rings is 1. The molecule has 3 heteroatoms. The van der Waals surface area contributed by atoms with Crippen LogP contribution >= 0.6 is 0 Å². The summed E-state index contributed by atoms with van der Waals surface area (Å²) in [6, 6.07) is 8.39. The number of ether oxygens (including phenoxy) is 1. The number of hydrogen-bond donors (Lipinski definition) is 2. The van der Waals surface area contributed by atoms with Crippen molar-refractivity contribution in [2.75, 3.05) is 12.4 Å². The Morgan fingerprint density at radius 2 is 2.06 bits per heavy atom. The third kappa shape index (κ3) is 2.36. The summed E-state index contributed by atoms with van der Waals surface area (Å²) in [7, 11) is 1.75. The second-order valence-corrected chi connectivity index (χ2v) is 4.43. The van der Waals surface area contributed by atoms with E-state index in [1.807, 2.05) is 24.3 Å². The van der Waals surface area contributed by atoms with Gasteiger partial charge in [-0.25, -0.2) is 0 Å². The van der Waals surface area contributed by atoms with Crippen molar-refractivity contribution in [3.63, 3.8) is 0 Å². The van der Waals surface area contributed by atoms with Crippen molar-refractivity contribution in [2.45, 2.75) is 38.0 Å². The van der Waals surface area contributed by atoms with Crippen LogP contribution in [0, 0.1) is 0 Å². The second-order valence-electron chi connectivity index (χ2n) is 4.43. The van der Waals surface area contributed by atoms with Crippen LogP contribution in [0.4, 0.5) is 5.69 Å². The molecule has 1 atom stereocenters. The first-order chi connectivity index (χ1) is 7.70. The molecule has 0 aromatic heterocycles. The molecule has 1 saturated carbocycles. The fraction of sp³-hybridized carbons (Fsp3) is 0.538. The van der Waals surface area contributed by atoms with Crippen LogP contribution in [0.2, 0.25) is 0 Å². The maximum atomic E-state index is 9.64. The van der Waals surface area contributed by atoms with Gasteiger partial charge in [0.2, 0.25) is 0 Å². The third-order valence-corrected chi connectivity index (χ3v) is 3.20. The fourth-order valence-electron chi connectivity index (χ4n) is 2.09. The van der Waals surface area contributed by atoms with Gasteiger partial charge in [0, 0.05) is 24.4 Å². The molecule has 2 rings (SSSR count). The highest BCUT2D eigenvalue weighted by Gasteiger charge is 2.29. The summed E-state index contributed by atoms with van der Waals surface area (Å²) in [6.45, 7) is 1.79. The topological polar surface area (TPSA) is 41.5 Å². The lowest BCUT2D eigenvalue weighted by Crippen LogP contribution is -2.40. The minimum Gasteiger partial charge on any atom is -0.389 e. The van der Waals surface area contributed by atoms with E-state index in [1.54, 1.807) is 14.0 Å². The summed E-state index contributed by atoms with van der Waals surface area (Å²) in [6.07, 6.45) is 2.06. The Morgan fingerprint density at radius 3 is 2.69 bits per heavy atom. The van der Waals surface area contributed by atoms with Gasteiger partial charge in [-0.05, 0) is 25.8 Å². The van der Waals surface area contributed by atoms with E-state index >= 15 is 0 Å². The highest BCUT2D eigenvalue weighted by Crippen LogP contribution is 2.29. The Bertz CT molecular complexity index is 346. The number of rotatable bonds is 4. The molecular weight excluding hydrogens is 202 g/mol. The predicted molar refractivity (Wildman–Crippen MR) is 64.5 cm³/mol. The van der Waals surface area contributed by atoms with Crippen LogP contribution in [0.1, 0.15) is 31.4 Å². The number of anilines is 1. The Kier molecular flexibility index (Phi) is 3.46. The molecule has 3 nitrogen and oxygen atoms in total. The van der Waals surface area contributed by atoms with Crippen molar-refractivity contribution in [3.05, 3.63) is 29.8 Å². The lowest BCUT2D eigenvalue weighted by molar-refractivity contribution is 0.0328. The van der Waals surface area contributed by atoms with Crippen molar-refractivity contribution < 1.29 is 9.84 Å². The van der Waals surface area contributed by atoms with Crippen molar-refractivity contribution in [2.24, 2.45) is 0 Å². The van der Waals surface area contributed by atoms with Crippen molar-refractivity contribution >= 4 is 5.69 Å². The molecule has 1 aromatic carbocycles. The van der Waals surface area contributed by atoms with Gasteiger partial charge in [-0.1, -0.05) is 18.2 Å². The van der Waals surface area contributed by atoms with E-state index in [0.717, 1.165) is 24.1 Å². The van der Waals surface area contributed by atoms with Crippen molar-refractivity contribution in [1.29, 1.82) is 0 Å². The average Bonchev–Trinajstić information content (AvgIpc) is 2.23. The minimum absolute atomic E-state index is 0.399. The van der Waals surface area contributed by atoms with Crippen LogP contribution in [-0.2, 0) is 4.74 Å². The van der Waals surface area contributed by atoms with Gasteiger partial charge in [0.1, 0.15) is 0 Å². The molecule has 0 aliphatic heterocycles. The van der Waals surface area contributed by atoms with Crippen molar-refractivity contribution in [3.8, 4) is 0 Å². The molecule has 0 saturated heterocycles. The predicted octanol–water partition coefficient (Wildman–Crippen LogP) is 2.33. The molecule has 1 aliphatic rings. The third-order valence-electron chi connectivity index (χ3n) is 3.20. The van der Waals surface area contributed by atoms with Crippen LogP contribution in [-0.4, -0.2) is 24.4 Å². The quantitative estimate of drug-likeness (QED) is 0.820. The minimum atomic E-state index is -0.429. The first-order valence-electron chi connectivity index (χ1n) is 5.77. The smallest absolute Gasteiger partial charge is 0.0781 e. The van der Waals surface area contributed by atoms with E-state index in [-0.39, 0.29) is 0 Å². The number of methoxy groups -OCH3 is 1. The van der Waals surface area contributed by atoms with Gasteiger partial charge in [-0.15, -0.1) is 0 Å². The summed E-state index contributed by atoms with van der Waals surface area (Å²) >= 11 is 0. The van der Waals surface area contributed by atoms with Crippen molar-refractivity contribution in [1.82, 2.24) is 0 Å². The number of aliphatic hydroxyl groups is 1. The summed E-state index contributed by atoms with van der Waals surface area (Å²) in [5, 5.41) is 13.1. The standard InChI is InChI=1S/C13H19NO2/c1-9(15)12-5-3-4-6-13(12)14-10-7-11(8-10)16-2/h3-6,9-11,14-15H,7-8H2,1-2H3. The molecule has 88 valence electrons. The Morgan fingerprint density at radius 1 is 1.38 bits per heavy atom. The van der Waals surface area contributed by atoms with E-state index < -0.39 is 6.10 Å². The molecule has 1 fully saturated rings. The molecule has 0 spiro atoms. The Hall–Kier alpha value is -1.06. The monoisotopic (exact) mass is 221 g/mol. The Labute approximate surface area is 96.4 Å². The van der Waals surface area contributed by atoms with Gasteiger partial charge in [0.25, 0.3) is 0 Å². The Balaban J connectivity index is 1.99. The molecule has 1 aliphatic carbocycles. The molecule has 0 heterocycles. The number of nitrogens with one attached hydrogen (secondary N) is 1. The van der Waals surface area contributed by atoms with Gasteiger partial charge < -0.3 is 15.2 Å². The van der Waals surface area contributed by atoms with E-state index in [1.165, 1.54) is 0 Å². The number of aliphatic hydroxyl groups excluding tert-OH is 1.